The fraction of sp³-hybridized carbons (Fsp3) is 0.130. The lowest BCUT2D eigenvalue weighted by Crippen LogP contribution is -2.25. The summed E-state index contributed by atoms with van der Waals surface area (Å²) in [6, 6.07) is 17.3. The van der Waals surface area contributed by atoms with E-state index in [1.54, 1.807) is 30.8 Å². The average molecular weight is 404 g/mol. The highest BCUT2D eigenvalue weighted by atomic mass is 19.1. The normalized spacial score (nSPS) is 10.8. The Balaban J connectivity index is 1.72. The van der Waals surface area contributed by atoms with Gasteiger partial charge in [-0.1, -0.05) is 18.2 Å². The van der Waals surface area contributed by atoms with Crippen LogP contribution in [0.1, 0.15) is 21.6 Å². The van der Waals surface area contributed by atoms with Gasteiger partial charge in [0.1, 0.15) is 17.1 Å². The summed E-state index contributed by atoms with van der Waals surface area (Å²) >= 11 is 0. The van der Waals surface area contributed by atoms with Crippen LogP contribution in [0.4, 0.5) is 4.39 Å². The SMILES string of the molecule is COc1ccccc1CNC(=O)c1c(C)nn(-c2ccc(F)cc2)c1-n1cccc1. The van der Waals surface area contributed by atoms with Crippen LogP contribution >= 0.6 is 0 Å². The molecule has 0 aliphatic carbocycles. The van der Waals surface area contributed by atoms with Gasteiger partial charge in [0.15, 0.2) is 5.82 Å². The van der Waals surface area contributed by atoms with Crippen LogP contribution in [0.25, 0.3) is 11.5 Å². The highest BCUT2D eigenvalue weighted by molar-refractivity contribution is 5.98. The first kappa shape index (κ1) is 19.4. The number of benzene rings is 2. The van der Waals surface area contributed by atoms with Crippen LogP contribution in [-0.2, 0) is 6.54 Å². The first-order valence-corrected chi connectivity index (χ1v) is 9.47. The maximum atomic E-state index is 13.4. The molecule has 1 N–H and O–H groups in total. The molecule has 2 heterocycles. The monoisotopic (exact) mass is 404 g/mol. The Bertz CT molecular complexity index is 1160. The third kappa shape index (κ3) is 3.69. The van der Waals surface area contributed by atoms with Gasteiger partial charge in [0.05, 0.1) is 18.5 Å². The summed E-state index contributed by atoms with van der Waals surface area (Å²) in [5.41, 5.74) is 2.55. The number of para-hydroxylation sites is 1. The molecule has 0 radical (unpaired) electrons. The molecule has 4 aromatic rings. The molecule has 0 fully saturated rings. The molecule has 6 nitrogen and oxygen atoms in total. The lowest BCUT2D eigenvalue weighted by molar-refractivity contribution is 0.0950. The van der Waals surface area contributed by atoms with E-state index in [9.17, 15) is 9.18 Å². The van der Waals surface area contributed by atoms with Crippen molar-refractivity contribution >= 4 is 5.91 Å². The summed E-state index contributed by atoms with van der Waals surface area (Å²) < 4.78 is 22.2. The first-order valence-electron chi connectivity index (χ1n) is 9.47. The van der Waals surface area contributed by atoms with Crippen molar-refractivity contribution < 1.29 is 13.9 Å². The second-order valence-electron chi connectivity index (χ2n) is 6.76. The first-order chi connectivity index (χ1) is 14.6. The zero-order chi connectivity index (χ0) is 21.1. The summed E-state index contributed by atoms with van der Waals surface area (Å²) in [7, 11) is 1.60. The average Bonchev–Trinajstić information content (AvgIpc) is 3.40. The predicted molar refractivity (Wildman–Crippen MR) is 112 cm³/mol. The van der Waals surface area contributed by atoms with Crippen molar-refractivity contribution in [3.05, 3.63) is 95.7 Å². The van der Waals surface area contributed by atoms with Gasteiger partial charge in [-0.05, 0) is 49.4 Å². The highest BCUT2D eigenvalue weighted by Crippen LogP contribution is 2.24. The van der Waals surface area contributed by atoms with Crippen LogP contribution in [-0.4, -0.2) is 27.4 Å². The highest BCUT2D eigenvalue weighted by Gasteiger charge is 2.23. The van der Waals surface area contributed by atoms with Gasteiger partial charge in [-0.2, -0.15) is 5.10 Å². The van der Waals surface area contributed by atoms with E-state index < -0.39 is 0 Å². The number of carbonyl (C=O) groups is 1. The van der Waals surface area contributed by atoms with Crippen molar-refractivity contribution in [1.82, 2.24) is 19.7 Å². The second kappa shape index (κ2) is 8.24. The van der Waals surface area contributed by atoms with Gasteiger partial charge in [-0.3, -0.25) is 4.79 Å². The molecule has 0 aliphatic heterocycles. The molecular weight excluding hydrogens is 383 g/mol. The van der Waals surface area contributed by atoms with Gasteiger partial charge >= 0.3 is 0 Å². The van der Waals surface area contributed by atoms with E-state index in [1.165, 1.54) is 12.1 Å². The third-order valence-corrected chi connectivity index (χ3v) is 4.82. The number of ether oxygens (including phenoxy) is 1. The summed E-state index contributed by atoms with van der Waals surface area (Å²) in [4.78, 5) is 13.2. The van der Waals surface area contributed by atoms with Gasteiger partial charge in [0, 0.05) is 24.5 Å². The molecule has 2 aromatic carbocycles. The van der Waals surface area contributed by atoms with Crippen LogP contribution in [0.2, 0.25) is 0 Å². The van der Waals surface area contributed by atoms with Crippen LogP contribution in [0, 0.1) is 12.7 Å². The lowest BCUT2D eigenvalue weighted by Gasteiger charge is -2.12. The largest absolute Gasteiger partial charge is 0.496 e. The van der Waals surface area contributed by atoms with Crippen molar-refractivity contribution in [3.63, 3.8) is 0 Å². The zero-order valence-electron chi connectivity index (χ0n) is 16.7. The third-order valence-electron chi connectivity index (χ3n) is 4.82. The molecule has 0 aliphatic rings. The topological polar surface area (TPSA) is 61.1 Å². The fourth-order valence-corrected chi connectivity index (χ4v) is 3.37. The van der Waals surface area contributed by atoms with Crippen molar-refractivity contribution in [2.24, 2.45) is 0 Å². The standard InChI is InChI=1S/C23H21FN4O2/c1-16-21(22(29)25-15-17-7-3-4-8-20(17)30-2)23(27-13-5-6-14-27)28(26-16)19-11-9-18(24)10-12-19/h3-14H,15H2,1-2H3,(H,25,29). The van der Waals surface area contributed by atoms with E-state index in [0.717, 1.165) is 5.56 Å². The maximum absolute atomic E-state index is 13.4. The number of hydrogen-bond acceptors (Lipinski definition) is 3. The number of aryl methyl sites for hydroxylation is 1. The minimum absolute atomic E-state index is 0.254. The number of amides is 1. The van der Waals surface area contributed by atoms with Gasteiger partial charge in [-0.15, -0.1) is 0 Å². The number of nitrogens with zero attached hydrogens (tertiary/aromatic N) is 3. The molecule has 0 saturated carbocycles. The Morgan fingerprint density at radius 3 is 2.47 bits per heavy atom. The molecule has 7 heteroatoms. The molecule has 0 spiro atoms. The minimum atomic E-state index is -0.333. The smallest absolute Gasteiger partial charge is 0.257 e. The fourth-order valence-electron chi connectivity index (χ4n) is 3.37. The molecule has 0 atom stereocenters. The van der Waals surface area contributed by atoms with Crippen molar-refractivity contribution in [1.29, 1.82) is 0 Å². The molecule has 4 rings (SSSR count). The summed E-state index contributed by atoms with van der Waals surface area (Å²) in [5, 5.41) is 7.53. The van der Waals surface area contributed by atoms with Gasteiger partial charge in [0.2, 0.25) is 0 Å². The Kier molecular flexibility index (Phi) is 5.34. The van der Waals surface area contributed by atoms with Crippen molar-refractivity contribution in [3.8, 4) is 17.3 Å². The number of rotatable bonds is 6. The van der Waals surface area contributed by atoms with Gasteiger partial charge in [0.25, 0.3) is 5.91 Å². The van der Waals surface area contributed by atoms with Crippen molar-refractivity contribution in [2.75, 3.05) is 7.11 Å². The van der Waals surface area contributed by atoms with E-state index >= 15 is 0 Å². The number of halogens is 1. The lowest BCUT2D eigenvalue weighted by atomic mass is 10.1. The van der Waals surface area contributed by atoms with Gasteiger partial charge < -0.3 is 14.6 Å². The predicted octanol–water partition coefficient (Wildman–Crippen LogP) is 4.05. The molecule has 0 unspecified atom stereocenters. The molecule has 2 aromatic heterocycles. The number of methoxy groups -OCH3 is 1. The molecule has 0 bridgehead atoms. The van der Waals surface area contributed by atoms with Crippen LogP contribution in [0.5, 0.6) is 5.75 Å². The molecule has 1 amide bonds. The Morgan fingerprint density at radius 1 is 1.07 bits per heavy atom. The Morgan fingerprint density at radius 2 is 1.77 bits per heavy atom. The quantitative estimate of drug-likeness (QED) is 0.527. The second-order valence-corrected chi connectivity index (χ2v) is 6.76. The maximum Gasteiger partial charge on any atom is 0.257 e. The van der Waals surface area contributed by atoms with Crippen molar-refractivity contribution in [2.45, 2.75) is 13.5 Å². The molecule has 30 heavy (non-hydrogen) atoms. The molecule has 152 valence electrons. The van der Waals surface area contributed by atoms with E-state index in [0.29, 0.717) is 35.1 Å². The van der Waals surface area contributed by atoms with E-state index in [4.69, 9.17) is 4.74 Å². The molecular formula is C23H21FN4O2. The van der Waals surface area contributed by atoms with E-state index in [-0.39, 0.29) is 11.7 Å². The van der Waals surface area contributed by atoms with Crippen LogP contribution in [0.15, 0.2) is 73.1 Å². The number of carbonyl (C=O) groups excluding carboxylic acids is 1. The summed E-state index contributed by atoms with van der Waals surface area (Å²) in [6.45, 7) is 2.10. The van der Waals surface area contributed by atoms with Crippen LogP contribution in [0.3, 0.4) is 0 Å². The van der Waals surface area contributed by atoms with E-state index in [1.807, 2.05) is 53.4 Å². The zero-order valence-corrected chi connectivity index (χ0v) is 16.7. The summed E-state index contributed by atoms with van der Waals surface area (Å²) in [5.74, 6) is 0.708. The van der Waals surface area contributed by atoms with E-state index in [2.05, 4.69) is 10.4 Å². The minimum Gasteiger partial charge on any atom is -0.496 e. The van der Waals surface area contributed by atoms with Gasteiger partial charge in [-0.25, -0.2) is 9.07 Å². The number of aromatic nitrogens is 3. The van der Waals surface area contributed by atoms with Crippen LogP contribution < -0.4 is 10.1 Å². The number of hydrogen-bond donors (Lipinski definition) is 1. The number of nitrogens with one attached hydrogen (secondary N) is 1. The Labute approximate surface area is 173 Å². The molecule has 0 saturated heterocycles. The Hall–Kier alpha value is -3.87. The summed E-state index contributed by atoms with van der Waals surface area (Å²) in [6.07, 6.45) is 3.68.